The molecule has 4 rings (SSSR count). The number of ether oxygens (including phenoxy) is 1. The molecule has 1 N–H and O–H groups in total. The van der Waals surface area contributed by atoms with Gasteiger partial charge in [0.05, 0.1) is 12.5 Å². The van der Waals surface area contributed by atoms with Crippen LogP contribution in [0.5, 0.6) is 0 Å². The minimum Gasteiger partial charge on any atom is -0.465 e. The van der Waals surface area contributed by atoms with Crippen LogP contribution in [0, 0.1) is 19.7 Å². The number of anilines is 2. The highest BCUT2D eigenvalue weighted by atomic mass is 32.1. The number of esters is 1. The zero-order valence-corrected chi connectivity index (χ0v) is 17.5. The van der Waals surface area contributed by atoms with Gasteiger partial charge in [0.15, 0.2) is 0 Å². The SMILES string of the molecule is COC(=O)c1sc2nc(C)nc(N3CCC(Nc4ccc(F)cc4)CC3)c2c1C. The van der Waals surface area contributed by atoms with Crippen molar-refractivity contribution in [3.63, 3.8) is 0 Å². The fraction of sp³-hybridized carbons (Fsp3) is 0.381. The summed E-state index contributed by atoms with van der Waals surface area (Å²) in [6.45, 7) is 5.48. The van der Waals surface area contributed by atoms with Crippen LogP contribution in [-0.4, -0.2) is 42.2 Å². The average molecular weight is 415 g/mol. The number of carbonyl (C=O) groups is 1. The number of hydrogen-bond acceptors (Lipinski definition) is 7. The quantitative estimate of drug-likeness (QED) is 0.642. The first-order chi connectivity index (χ1) is 14.0. The van der Waals surface area contributed by atoms with Crippen molar-refractivity contribution >= 4 is 39.0 Å². The lowest BCUT2D eigenvalue weighted by Gasteiger charge is -2.34. The van der Waals surface area contributed by atoms with E-state index in [9.17, 15) is 9.18 Å². The molecule has 1 aromatic carbocycles. The Labute approximate surface area is 172 Å². The standard InChI is InChI=1S/C21H23FN4O2S/c1-12-17-19(23-13(2)24-20(17)29-18(12)21(27)28-3)26-10-8-16(9-11-26)25-15-6-4-14(22)5-7-15/h4-7,16,25H,8-11H2,1-3H3. The Kier molecular flexibility index (Phi) is 5.36. The fourth-order valence-corrected chi connectivity index (χ4v) is 4.89. The van der Waals surface area contributed by atoms with E-state index in [-0.39, 0.29) is 11.8 Å². The summed E-state index contributed by atoms with van der Waals surface area (Å²) < 4.78 is 18.0. The monoisotopic (exact) mass is 414 g/mol. The number of hydrogen-bond donors (Lipinski definition) is 1. The number of carbonyl (C=O) groups excluding carboxylic acids is 1. The minimum absolute atomic E-state index is 0.231. The van der Waals surface area contributed by atoms with Crippen molar-refractivity contribution in [1.82, 2.24) is 9.97 Å². The first-order valence-electron chi connectivity index (χ1n) is 9.59. The lowest BCUT2D eigenvalue weighted by Crippen LogP contribution is -2.39. The van der Waals surface area contributed by atoms with Gasteiger partial charge >= 0.3 is 5.97 Å². The van der Waals surface area contributed by atoms with Crippen LogP contribution >= 0.6 is 11.3 Å². The maximum absolute atomic E-state index is 13.1. The molecule has 0 atom stereocenters. The Balaban J connectivity index is 1.55. The molecule has 8 heteroatoms. The number of aryl methyl sites for hydroxylation is 2. The van der Waals surface area contributed by atoms with Gasteiger partial charge in [0, 0.05) is 24.8 Å². The number of thiophene rings is 1. The number of halogens is 1. The number of piperidine rings is 1. The third kappa shape index (κ3) is 3.89. The van der Waals surface area contributed by atoms with Gasteiger partial charge < -0.3 is 15.0 Å². The second-order valence-corrected chi connectivity index (χ2v) is 8.23. The van der Waals surface area contributed by atoms with E-state index in [4.69, 9.17) is 9.72 Å². The number of rotatable bonds is 4. The van der Waals surface area contributed by atoms with Gasteiger partial charge in [-0.2, -0.15) is 0 Å². The Morgan fingerprint density at radius 1 is 1.21 bits per heavy atom. The maximum Gasteiger partial charge on any atom is 0.348 e. The van der Waals surface area contributed by atoms with Crippen LogP contribution in [0.1, 0.15) is 33.9 Å². The molecule has 29 heavy (non-hydrogen) atoms. The zero-order valence-electron chi connectivity index (χ0n) is 16.7. The summed E-state index contributed by atoms with van der Waals surface area (Å²) in [5, 5.41) is 4.42. The topological polar surface area (TPSA) is 67.3 Å². The summed E-state index contributed by atoms with van der Waals surface area (Å²) in [5.41, 5.74) is 1.81. The van der Waals surface area contributed by atoms with E-state index in [1.165, 1.54) is 30.6 Å². The van der Waals surface area contributed by atoms with Crippen LogP contribution in [0.15, 0.2) is 24.3 Å². The molecule has 0 saturated carbocycles. The summed E-state index contributed by atoms with van der Waals surface area (Å²) in [5.74, 6) is 1.01. The van der Waals surface area contributed by atoms with Gasteiger partial charge in [-0.1, -0.05) is 0 Å². The Morgan fingerprint density at radius 3 is 2.55 bits per heavy atom. The van der Waals surface area contributed by atoms with E-state index in [1.54, 1.807) is 12.1 Å². The lowest BCUT2D eigenvalue weighted by atomic mass is 10.0. The molecule has 0 amide bonds. The maximum atomic E-state index is 13.1. The van der Waals surface area contributed by atoms with Crippen molar-refractivity contribution in [3.8, 4) is 0 Å². The molecule has 1 aliphatic heterocycles. The zero-order chi connectivity index (χ0) is 20.5. The van der Waals surface area contributed by atoms with E-state index < -0.39 is 0 Å². The second kappa shape index (κ2) is 7.94. The molecule has 1 saturated heterocycles. The van der Waals surface area contributed by atoms with Gasteiger partial charge in [0.1, 0.15) is 27.2 Å². The molecule has 1 aliphatic rings. The fourth-order valence-electron chi connectivity index (χ4n) is 3.76. The third-order valence-corrected chi connectivity index (χ3v) is 6.43. The number of nitrogens with one attached hydrogen (secondary N) is 1. The first-order valence-corrected chi connectivity index (χ1v) is 10.4. The van der Waals surface area contributed by atoms with Crippen molar-refractivity contribution in [2.24, 2.45) is 0 Å². The van der Waals surface area contributed by atoms with E-state index in [0.29, 0.717) is 16.7 Å². The molecule has 3 aromatic rings. The molecule has 0 unspecified atom stereocenters. The van der Waals surface area contributed by atoms with Crippen LogP contribution in [-0.2, 0) is 4.74 Å². The summed E-state index contributed by atoms with van der Waals surface area (Å²) in [6, 6.07) is 6.79. The average Bonchev–Trinajstić information content (AvgIpc) is 3.05. The predicted molar refractivity (Wildman–Crippen MR) is 113 cm³/mol. The van der Waals surface area contributed by atoms with Crippen LogP contribution in [0.25, 0.3) is 10.2 Å². The molecule has 152 valence electrons. The Hall–Kier alpha value is -2.74. The van der Waals surface area contributed by atoms with Crippen molar-refractivity contribution in [2.45, 2.75) is 32.7 Å². The van der Waals surface area contributed by atoms with Gasteiger partial charge in [0.25, 0.3) is 0 Å². The van der Waals surface area contributed by atoms with Crippen molar-refractivity contribution in [1.29, 1.82) is 0 Å². The van der Waals surface area contributed by atoms with Gasteiger partial charge in [-0.25, -0.2) is 19.2 Å². The summed E-state index contributed by atoms with van der Waals surface area (Å²) in [4.78, 5) is 25.0. The van der Waals surface area contributed by atoms with Crippen molar-refractivity contribution in [2.75, 3.05) is 30.4 Å². The van der Waals surface area contributed by atoms with Crippen molar-refractivity contribution in [3.05, 3.63) is 46.3 Å². The number of nitrogens with zero attached hydrogens (tertiary/aromatic N) is 3. The van der Waals surface area contributed by atoms with Gasteiger partial charge in [-0.05, 0) is 56.5 Å². The predicted octanol–water partition coefficient (Wildman–Crippen LogP) is 4.31. The number of benzene rings is 1. The highest BCUT2D eigenvalue weighted by Crippen LogP contribution is 2.36. The number of aromatic nitrogens is 2. The van der Waals surface area contributed by atoms with Gasteiger partial charge in [0.2, 0.25) is 0 Å². The normalized spacial score (nSPS) is 15.0. The molecule has 1 fully saturated rings. The second-order valence-electron chi connectivity index (χ2n) is 7.23. The lowest BCUT2D eigenvalue weighted by molar-refractivity contribution is 0.0605. The van der Waals surface area contributed by atoms with Crippen LogP contribution in [0.4, 0.5) is 15.9 Å². The highest BCUT2D eigenvalue weighted by Gasteiger charge is 2.26. The molecule has 2 aromatic heterocycles. The van der Waals surface area contributed by atoms with Gasteiger partial charge in [-0.3, -0.25) is 0 Å². The van der Waals surface area contributed by atoms with Crippen LogP contribution in [0.2, 0.25) is 0 Å². The molecule has 6 nitrogen and oxygen atoms in total. The van der Waals surface area contributed by atoms with E-state index in [2.05, 4.69) is 15.2 Å². The molecule has 0 radical (unpaired) electrons. The first kappa shape index (κ1) is 19.6. The van der Waals surface area contributed by atoms with Crippen molar-refractivity contribution < 1.29 is 13.9 Å². The summed E-state index contributed by atoms with van der Waals surface area (Å²) in [6.07, 6.45) is 1.88. The van der Waals surface area contributed by atoms with Gasteiger partial charge in [-0.15, -0.1) is 11.3 Å². The Morgan fingerprint density at radius 2 is 1.90 bits per heavy atom. The summed E-state index contributed by atoms with van der Waals surface area (Å²) >= 11 is 1.36. The smallest absolute Gasteiger partial charge is 0.348 e. The van der Waals surface area contributed by atoms with Crippen LogP contribution in [0.3, 0.4) is 0 Å². The molecular formula is C21H23FN4O2S. The molecule has 3 heterocycles. The highest BCUT2D eigenvalue weighted by molar-refractivity contribution is 7.20. The van der Waals surface area contributed by atoms with Crippen LogP contribution < -0.4 is 10.2 Å². The minimum atomic E-state index is -0.337. The molecular weight excluding hydrogens is 391 g/mol. The Bertz CT molecular complexity index is 1040. The number of fused-ring (bicyclic) bond motifs is 1. The van der Waals surface area contributed by atoms with E-state index in [1.807, 2.05) is 13.8 Å². The molecule has 0 aliphatic carbocycles. The largest absolute Gasteiger partial charge is 0.465 e. The molecule has 0 bridgehead atoms. The third-order valence-electron chi connectivity index (χ3n) is 5.26. The summed E-state index contributed by atoms with van der Waals surface area (Å²) in [7, 11) is 1.39. The number of methoxy groups -OCH3 is 1. The van der Waals surface area contributed by atoms with E-state index >= 15 is 0 Å². The van der Waals surface area contributed by atoms with E-state index in [0.717, 1.165) is 53.2 Å². The molecule has 0 spiro atoms.